The summed E-state index contributed by atoms with van der Waals surface area (Å²) in [7, 11) is 0. The van der Waals surface area contributed by atoms with Crippen molar-refractivity contribution in [2.75, 3.05) is 6.54 Å². The van der Waals surface area contributed by atoms with E-state index in [1.807, 2.05) is 30.3 Å². The lowest BCUT2D eigenvalue weighted by molar-refractivity contribution is -0.139. The van der Waals surface area contributed by atoms with Gasteiger partial charge >= 0.3 is 0 Å². The SMILES string of the molecule is CC(=O)C(CCCN=[N+]=[N-])(Cc1ccccc1)C(C)=O. The molecule has 5 heteroatoms. The molecular formula is C15H19N3O2. The Labute approximate surface area is 118 Å². The van der Waals surface area contributed by atoms with Gasteiger partial charge in [-0.1, -0.05) is 35.4 Å². The number of azide groups is 1. The Morgan fingerprint density at radius 2 is 1.80 bits per heavy atom. The van der Waals surface area contributed by atoms with Gasteiger partial charge < -0.3 is 0 Å². The van der Waals surface area contributed by atoms with Crippen LogP contribution in [0.4, 0.5) is 0 Å². The molecule has 20 heavy (non-hydrogen) atoms. The van der Waals surface area contributed by atoms with Gasteiger partial charge in [-0.3, -0.25) is 9.59 Å². The van der Waals surface area contributed by atoms with Crippen molar-refractivity contribution in [2.45, 2.75) is 33.1 Å². The highest BCUT2D eigenvalue weighted by Gasteiger charge is 2.39. The molecule has 0 saturated carbocycles. The van der Waals surface area contributed by atoms with Gasteiger partial charge in [0.05, 0.1) is 5.41 Å². The summed E-state index contributed by atoms with van der Waals surface area (Å²) in [4.78, 5) is 26.8. The molecule has 0 bridgehead atoms. The molecule has 0 aliphatic carbocycles. The summed E-state index contributed by atoms with van der Waals surface area (Å²) in [5.41, 5.74) is 8.23. The zero-order chi connectivity index (χ0) is 15.0. The quantitative estimate of drug-likeness (QED) is 0.239. The van der Waals surface area contributed by atoms with E-state index in [-0.39, 0.29) is 11.6 Å². The zero-order valence-corrected chi connectivity index (χ0v) is 11.9. The van der Waals surface area contributed by atoms with Gasteiger partial charge in [-0.2, -0.15) is 0 Å². The third-order valence-corrected chi connectivity index (χ3v) is 3.62. The maximum absolute atomic E-state index is 12.1. The van der Waals surface area contributed by atoms with Crippen molar-refractivity contribution in [1.29, 1.82) is 0 Å². The van der Waals surface area contributed by atoms with Gasteiger partial charge in [-0.05, 0) is 44.2 Å². The summed E-state index contributed by atoms with van der Waals surface area (Å²) in [6.45, 7) is 3.21. The van der Waals surface area contributed by atoms with Crippen molar-refractivity contribution >= 4 is 11.6 Å². The molecule has 0 spiro atoms. The molecule has 1 rings (SSSR count). The molecule has 0 saturated heterocycles. The van der Waals surface area contributed by atoms with E-state index in [2.05, 4.69) is 10.0 Å². The smallest absolute Gasteiger partial charge is 0.143 e. The lowest BCUT2D eigenvalue weighted by atomic mass is 9.72. The number of benzene rings is 1. The Morgan fingerprint density at radius 1 is 1.20 bits per heavy atom. The molecule has 0 fully saturated rings. The van der Waals surface area contributed by atoms with Crippen LogP contribution in [0.5, 0.6) is 0 Å². The summed E-state index contributed by atoms with van der Waals surface area (Å²) < 4.78 is 0. The van der Waals surface area contributed by atoms with Gasteiger partial charge in [0.2, 0.25) is 0 Å². The number of Topliss-reactive ketones (excluding diaryl/α,β-unsaturated/α-hetero) is 2. The van der Waals surface area contributed by atoms with Gasteiger partial charge in [0.25, 0.3) is 0 Å². The highest BCUT2D eigenvalue weighted by molar-refractivity contribution is 6.05. The maximum atomic E-state index is 12.1. The number of rotatable bonds is 8. The van der Waals surface area contributed by atoms with Crippen LogP contribution >= 0.6 is 0 Å². The first-order valence-corrected chi connectivity index (χ1v) is 6.60. The average molecular weight is 273 g/mol. The van der Waals surface area contributed by atoms with Crippen LogP contribution in [0.1, 0.15) is 32.3 Å². The van der Waals surface area contributed by atoms with Crippen molar-refractivity contribution in [3.63, 3.8) is 0 Å². The van der Waals surface area contributed by atoms with Gasteiger partial charge in [0, 0.05) is 11.5 Å². The minimum Gasteiger partial charge on any atom is -0.299 e. The van der Waals surface area contributed by atoms with Crippen molar-refractivity contribution in [1.82, 2.24) is 0 Å². The largest absolute Gasteiger partial charge is 0.299 e. The third kappa shape index (κ3) is 3.93. The molecule has 0 unspecified atom stereocenters. The van der Waals surface area contributed by atoms with Crippen molar-refractivity contribution < 1.29 is 9.59 Å². The fraction of sp³-hybridized carbons (Fsp3) is 0.467. The monoisotopic (exact) mass is 273 g/mol. The van der Waals surface area contributed by atoms with Crippen LogP contribution in [0.3, 0.4) is 0 Å². The molecule has 0 aliphatic rings. The number of hydrogen-bond donors (Lipinski definition) is 0. The van der Waals surface area contributed by atoms with Gasteiger partial charge in [-0.15, -0.1) is 0 Å². The molecule has 0 heterocycles. The zero-order valence-electron chi connectivity index (χ0n) is 11.9. The first-order chi connectivity index (χ1) is 9.53. The Balaban J connectivity index is 2.96. The molecule has 0 amide bonds. The topological polar surface area (TPSA) is 82.9 Å². The molecule has 1 aromatic rings. The summed E-state index contributed by atoms with van der Waals surface area (Å²) in [6.07, 6.45) is 1.33. The van der Waals surface area contributed by atoms with E-state index in [0.717, 1.165) is 5.56 Å². The molecule has 5 nitrogen and oxygen atoms in total. The Kier molecular flexibility index (Phi) is 5.94. The van der Waals surface area contributed by atoms with Gasteiger partial charge in [0.15, 0.2) is 0 Å². The molecule has 0 radical (unpaired) electrons. The number of carbonyl (C=O) groups excluding carboxylic acids is 2. The molecule has 106 valence electrons. The molecule has 0 aliphatic heterocycles. The van der Waals surface area contributed by atoms with E-state index in [9.17, 15) is 9.59 Å². The first kappa shape index (κ1) is 15.9. The highest BCUT2D eigenvalue weighted by Crippen LogP contribution is 2.31. The summed E-state index contributed by atoms with van der Waals surface area (Å²) in [6, 6.07) is 9.50. The normalized spacial score (nSPS) is 10.7. The summed E-state index contributed by atoms with van der Waals surface area (Å²) in [5.74, 6) is -0.260. The second-order valence-corrected chi connectivity index (χ2v) is 4.91. The van der Waals surface area contributed by atoms with Crippen molar-refractivity contribution in [2.24, 2.45) is 10.5 Å². The van der Waals surface area contributed by atoms with E-state index in [1.54, 1.807) is 0 Å². The first-order valence-electron chi connectivity index (χ1n) is 6.60. The summed E-state index contributed by atoms with van der Waals surface area (Å²) in [5, 5.41) is 3.46. The van der Waals surface area contributed by atoms with Crippen molar-refractivity contribution in [3.05, 3.63) is 46.3 Å². The predicted molar refractivity (Wildman–Crippen MR) is 77.2 cm³/mol. The van der Waals surface area contributed by atoms with E-state index < -0.39 is 5.41 Å². The number of hydrogen-bond acceptors (Lipinski definition) is 3. The fourth-order valence-electron chi connectivity index (χ4n) is 2.38. The molecule has 0 aromatic heterocycles. The minimum atomic E-state index is -1.01. The predicted octanol–water partition coefficient (Wildman–Crippen LogP) is 3.48. The molecule has 0 N–H and O–H groups in total. The van der Waals surface area contributed by atoms with Crippen LogP contribution in [-0.4, -0.2) is 18.1 Å². The van der Waals surface area contributed by atoms with Crippen LogP contribution in [0.15, 0.2) is 35.4 Å². The van der Waals surface area contributed by atoms with E-state index in [4.69, 9.17) is 5.53 Å². The highest BCUT2D eigenvalue weighted by atomic mass is 16.2. The number of carbonyl (C=O) groups is 2. The number of nitrogens with zero attached hydrogens (tertiary/aromatic N) is 3. The van der Waals surface area contributed by atoms with Crippen LogP contribution in [-0.2, 0) is 16.0 Å². The third-order valence-electron chi connectivity index (χ3n) is 3.62. The Morgan fingerprint density at radius 3 is 2.30 bits per heavy atom. The van der Waals surface area contributed by atoms with E-state index in [0.29, 0.717) is 25.8 Å². The molecular weight excluding hydrogens is 254 g/mol. The lowest BCUT2D eigenvalue weighted by Gasteiger charge is -2.28. The molecule has 0 atom stereocenters. The van der Waals surface area contributed by atoms with Gasteiger partial charge in [0.1, 0.15) is 11.6 Å². The van der Waals surface area contributed by atoms with E-state index >= 15 is 0 Å². The maximum Gasteiger partial charge on any atom is 0.143 e. The van der Waals surface area contributed by atoms with Crippen LogP contribution in [0.2, 0.25) is 0 Å². The number of ketones is 2. The molecule has 1 aromatic carbocycles. The summed E-state index contributed by atoms with van der Waals surface area (Å²) >= 11 is 0. The fourth-order valence-corrected chi connectivity index (χ4v) is 2.38. The average Bonchev–Trinajstić information content (AvgIpc) is 2.42. The Hall–Kier alpha value is -2.13. The Bertz CT molecular complexity index is 505. The van der Waals surface area contributed by atoms with Crippen molar-refractivity contribution in [3.8, 4) is 0 Å². The van der Waals surface area contributed by atoms with Crippen LogP contribution in [0, 0.1) is 5.41 Å². The lowest BCUT2D eigenvalue weighted by Crippen LogP contribution is -2.39. The standard InChI is InChI=1S/C15H19N3O2/c1-12(19)15(13(2)20,9-6-10-17-18-16)11-14-7-4-3-5-8-14/h3-5,7-8H,6,9-11H2,1-2H3. The minimum absolute atomic E-state index is 0.130. The van der Waals surface area contributed by atoms with Crippen LogP contribution < -0.4 is 0 Å². The second-order valence-electron chi connectivity index (χ2n) is 4.91. The second kappa shape index (κ2) is 7.46. The van der Waals surface area contributed by atoms with E-state index in [1.165, 1.54) is 13.8 Å². The van der Waals surface area contributed by atoms with Crippen LogP contribution in [0.25, 0.3) is 10.4 Å². The van der Waals surface area contributed by atoms with Gasteiger partial charge in [-0.25, -0.2) is 0 Å².